The van der Waals surface area contributed by atoms with Crippen molar-refractivity contribution in [2.45, 2.75) is 37.8 Å². The van der Waals surface area contributed by atoms with Crippen LogP contribution in [0.3, 0.4) is 0 Å². The first-order valence-corrected chi connectivity index (χ1v) is 9.25. The van der Waals surface area contributed by atoms with Crippen molar-refractivity contribution in [3.8, 4) is 0 Å². The number of aryl methyl sites for hydroxylation is 1. The maximum absolute atomic E-state index is 8.24. The van der Waals surface area contributed by atoms with Crippen LogP contribution in [0.2, 0.25) is 0 Å². The van der Waals surface area contributed by atoms with Crippen molar-refractivity contribution < 1.29 is 0 Å². The summed E-state index contributed by atoms with van der Waals surface area (Å²) in [5, 5.41) is 0. The standard InChI is InChI=1S/C23H23N3/c1-18-25-15-16-26(18)22-14-13-21(17-22)23(24-2,19-9-5-3-6-10-19)20-11-7-4-8-12-20/h3-12,15-16,21-22H,13-14,17H2,1H3/t21?,22-/m1/s1. The average molecular weight is 341 g/mol. The van der Waals surface area contributed by atoms with Crippen molar-refractivity contribution >= 4 is 0 Å². The van der Waals surface area contributed by atoms with Crippen LogP contribution in [-0.4, -0.2) is 9.55 Å². The Hall–Kier alpha value is -2.86. The molecule has 1 unspecified atom stereocenters. The van der Waals surface area contributed by atoms with Gasteiger partial charge in [0.15, 0.2) is 0 Å². The molecule has 4 rings (SSSR count). The van der Waals surface area contributed by atoms with E-state index in [1.165, 1.54) is 0 Å². The minimum absolute atomic E-state index is 0.289. The van der Waals surface area contributed by atoms with Gasteiger partial charge in [0.2, 0.25) is 0 Å². The maximum atomic E-state index is 8.24. The normalized spacial score (nSPS) is 20.0. The van der Waals surface area contributed by atoms with Crippen LogP contribution in [0.4, 0.5) is 0 Å². The van der Waals surface area contributed by atoms with Crippen molar-refractivity contribution in [2.75, 3.05) is 0 Å². The van der Waals surface area contributed by atoms with E-state index < -0.39 is 5.54 Å². The molecule has 1 saturated carbocycles. The first-order valence-electron chi connectivity index (χ1n) is 9.25. The van der Waals surface area contributed by atoms with Crippen LogP contribution >= 0.6 is 0 Å². The molecule has 3 heteroatoms. The molecule has 0 amide bonds. The smallest absolute Gasteiger partial charge is 0.285 e. The highest BCUT2D eigenvalue weighted by molar-refractivity contribution is 5.43. The van der Waals surface area contributed by atoms with Crippen molar-refractivity contribution in [3.05, 3.63) is 101 Å². The zero-order chi connectivity index (χ0) is 18.0. The third kappa shape index (κ3) is 2.63. The fourth-order valence-electron chi connectivity index (χ4n) is 4.61. The van der Waals surface area contributed by atoms with E-state index >= 15 is 0 Å². The van der Waals surface area contributed by atoms with Crippen LogP contribution in [0.1, 0.15) is 42.3 Å². The lowest BCUT2D eigenvalue weighted by molar-refractivity contribution is 0.370. The summed E-state index contributed by atoms with van der Waals surface area (Å²) >= 11 is 0. The van der Waals surface area contributed by atoms with Crippen molar-refractivity contribution in [3.63, 3.8) is 0 Å². The number of nitrogens with zero attached hydrogens (tertiary/aromatic N) is 3. The fourth-order valence-corrected chi connectivity index (χ4v) is 4.61. The Labute approximate surface area is 155 Å². The predicted octanol–water partition coefficient (Wildman–Crippen LogP) is 5.40. The Morgan fingerprint density at radius 3 is 2.12 bits per heavy atom. The molecule has 0 spiro atoms. The topological polar surface area (TPSA) is 22.2 Å². The third-order valence-corrected chi connectivity index (χ3v) is 5.86. The molecule has 1 fully saturated rings. The average Bonchev–Trinajstić information content (AvgIpc) is 3.34. The van der Waals surface area contributed by atoms with Crippen molar-refractivity contribution in [1.82, 2.24) is 9.55 Å². The molecule has 130 valence electrons. The molecule has 1 aromatic heterocycles. The molecular formula is C23H23N3. The lowest BCUT2D eigenvalue weighted by Gasteiger charge is -2.29. The number of benzene rings is 2. The number of hydrogen-bond acceptors (Lipinski definition) is 1. The van der Waals surface area contributed by atoms with Crippen LogP contribution in [0.5, 0.6) is 0 Å². The molecule has 0 radical (unpaired) electrons. The molecule has 26 heavy (non-hydrogen) atoms. The highest BCUT2D eigenvalue weighted by atomic mass is 15.1. The minimum atomic E-state index is -0.619. The van der Waals surface area contributed by atoms with E-state index in [9.17, 15) is 0 Å². The molecule has 0 N–H and O–H groups in total. The molecule has 1 heterocycles. The van der Waals surface area contributed by atoms with Gasteiger partial charge in [-0.2, -0.15) is 0 Å². The highest BCUT2D eigenvalue weighted by Gasteiger charge is 2.51. The summed E-state index contributed by atoms with van der Waals surface area (Å²) in [6.45, 7) is 10.3. The van der Waals surface area contributed by atoms with Crippen LogP contribution in [0.25, 0.3) is 4.85 Å². The first kappa shape index (κ1) is 16.6. The van der Waals surface area contributed by atoms with Gasteiger partial charge in [0.1, 0.15) is 5.82 Å². The highest BCUT2D eigenvalue weighted by Crippen LogP contribution is 2.50. The van der Waals surface area contributed by atoms with E-state index in [-0.39, 0.29) is 5.92 Å². The summed E-state index contributed by atoms with van der Waals surface area (Å²) in [6, 6.07) is 21.1. The second-order valence-corrected chi connectivity index (χ2v) is 7.16. The number of hydrogen-bond donors (Lipinski definition) is 0. The largest absolute Gasteiger partial charge is 0.332 e. The van der Waals surface area contributed by atoms with Gasteiger partial charge in [-0.25, -0.2) is 11.6 Å². The molecular weight excluding hydrogens is 318 g/mol. The molecule has 3 nitrogen and oxygen atoms in total. The van der Waals surface area contributed by atoms with Gasteiger partial charge in [-0.1, -0.05) is 60.7 Å². The van der Waals surface area contributed by atoms with E-state index in [0.717, 1.165) is 36.2 Å². The SMILES string of the molecule is [C-]#[N+]C(c1ccccc1)(c1ccccc1)C1CC[C@@H](n2ccnc2C)C1. The summed E-state index contributed by atoms with van der Waals surface area (Å²) in [7, 11) is 0. The summed E-state index contributed by atoms with van der Waals surface area (Å²) in [4.78, 5) is 8.69. The molecule has 1 aliphatic carbocycles. The minimum Gasteiger partial charge on any atom is -0.332 e. The fraction of sp³-hybridized carbons (Fsp3) is 0.304. The van der Waals surface area contributed by atoms with Crippen molar-refractivity contribution in [1.29, 1.82) is 0 Å². The molecule has 3 aromatic rings. The number of imidazole rings is 1. The monoisotopic (exact) mass is 341 g/mol. The lowest BCUT2D eigenvalue weighted by atomic mass is 9.72. The van der Waals surface area contributed by atoms with Crippen LogP contribution < -0.4 is 0 Å². The first-order chi connectivity index (χ1) is 12.8. The van der Waals surface area contributed by atoms with Gasteiger partial charge >= 0.3 is 0 Å². The quantitative estimate of drug-likeness (QED) is 0.583. The Morgan fingerprint density at radius 2 is 1.62 bits per heavy atom. The Balaban J connectivity index is 1.78. The summed E-state index contributed by atoms with van der Waals surface area (Å²) in [6.07, 6.45) is 7.10. The van der Waals surface area contributed by atoms with Gasteiger partial charge in [0.25, 0.3) is 5.54 Å². The maximum Gasteiger partial charge on any atom is 0.285 e. The second kappa shape index (κ2) is 6.80. The van der Waals surface area contributed by atoms with E-state index in [1.807, 2.05) is 42.6 Å². The van der Waals surface area contributed by atoms with E-state index in [2.05, 4.69) is 51.8 Å². The van der Waals surface area contributed by atoms with Crippen LogP contribution in [0.15, 0.2) is 73.1 Å². The van der Waals surface area contributed by atoms with E-state index in [0.29, 0.717) is 6.04 Å². The zero-order valence-electron chi connectivity index (χ0n) is 15.0. The third-order valence-electron chi connectivity index (χ3n) is 5.86. The molecule has 0 aliphatic heterocycles. The Bertz CT molecular complexity index is 866. The lowest BCUT2D eigenvalue weighted by Crippen LogP contribution is -2.32. The summed E-state index contributed by atoms with van der Waals surface area (Å²) < 4.78 is 2.28. The molecule has 0 saturated heterocycles. The van der Waals surface area contributed by atoms with Gasteiger partial charge < -0.3 is 4.57 Å². The Morgan fingerprint density at radius 1 is 1.00 bits per heavy atom. The summed E-state index contributed by atoms with van der Waals surface area (Å²) in [5.41, 5.74) is 1.59. The molecule has 0 bridgehead atoms. The Kier molecular flexibility index (Phi) is 4.34. The van der Waals surface area contributed by atoms with E-state index in [1.54, 1.807) is 0 Å². The zero-order valence-corrected chi connectivity index (χ0v) is 15.0. The number of aromatic nitrogens is 2. The van der Waals surface area contributed by atoms with Crippen LogP contribution in [0, 0.1) is 19.4 Å². The van der Waals surface area contributed by atoms with E-state index in [4.69, 9.17) is 6.57 Å². The molecule has 1 aliphatic rings. The van der Waals surface area contributed by atoms with Gasteiger partial charge in [-0.05, 0) is 26.2 Å². The van der Waals surface area contributed by atoms with Gasteiger partial charge in [-0.15, -0.1) is 0 Å². The second-order valence-electron chi connectivity index (χ2n) is 7.16. The van der Waals surface area contributed by atoms with Gasteiger partial charge in [0.05, 0.1) is 0 Å². The predicted molar refractivity (Wildman–Crippen MR) is 104 cm³/mol. The van der Waals surface area contributed by atoms with Crippen LogP contribution in [-0.2, 0) is 5.54 Å². The van der Waals surface area contributed by atoms with Gasteiger partial charge in [0, 0.05) is 35.5 Å². The molecule has 2 atom stereocenters. The summed E-state index contributed by atoms with van der Waals surface area (Å²) in [5.74, 6) is 1.35. The number of rotatable bonds is 4. The van der Waals surface area contributed by atoms with Gasteiger partial charge in [-0.3, -0.25) is 4.85 Å². The molecule has 2 aromatic carbocycles. The van der Waals surface area contributed by atoms with Crippen molar-refractivity contribution in [2.24, 2.45) is 5.92 Å².